The molecule has 1 saturated heterocycles. The molecule has 3 aromatic rings. The molecular weight excluding hydrogens is 497 g/mol. The highest BCUT2D eigenvalue weighted by Gasteiger charge is 2.25. The van der Waals surface area contributed by atoms with Gasteiger partial charge in [-0.3, -0.25) is 0 Å². The van der Waals surface area contributed by atoms with Crippen LogP contribution in [0.4, 0.5) is 13.2 Å². The van der Waals surface area contributed by atoms with Crippen LogP contribution in [-0.4, -0.2) is 19.5 Å². The molecule has 1 aliphatic heterocycles. The van der Waals surface area contributed by atoms with Crippen molar-refractivity contribution in [2.75, 3.05) is 13.2 Å². The van der Waals surface area contributed by atoms with Gasteiger partial charge in [-0.25, -0.2) is 13.2 Å². The number of hydrogen-bond donors (Lipinski definition) is 0. The highest BCUT2D eigenvalue weighted by atomic mass is 19.2. The van der Waals surface area contributed by atoms with E-state index in [4.69, 9.17) is 9.47 Å². The fourth-order valence-corrected chi connectivity index (χ4v) is 5.12. The fraction of sp³-hybridized carbons (Fsp3) is 0.412. The van der Waals surface area contributed by atoms with E-state index in [1.165, 1.54) is 25.3 Å². The quantitative estimate of drug-likeness (QED) is 0.160. The normalized spacial score (nSPS) is 17.3. The molecule has 0 aliphatic carbocycles. The maximum absolute atomic E-state index is 15.1. The predicted molar refractivity (Wildman–Crippen MR) is 152 cm³/mol. The lowest BCUT2D eigenvalue weighted by Gasteiger charge is -2.30. The van der Waals surface area contributed by atoms with Crippen molar-refractivity contribution >= 4 is 0 Å². The molecule has 0 amide bonds. The summed E-state index contributed by atoms with van der Waals surface area (Å²) in [6, 6.07) is 15.6. The minimum Gasteiger partial charge on any atom is -0.352 e. The minimum absolute atomic E-state index is 0.142. The molecule has 0 radical (unpaired) electrons. The van der Waals surface area contributed by atoms with Crippen LogP contribution in [-0.2, 0) is 15.9 Å². The summed E-state index contributed by atoms with van der Waals surface area (Å²) in [5.74, 6) is -2.06. The Balaban J connectivity index is 1.38. The van der Waals surface area contributed by atoms with Crippen LogP contribution in [0.25, 0.3) is 22.3 Å². The predicted octanol–water partition coefficient (Wildman–Crippen LogP) is 9.76. The Morgan fingerprint density at radius 1 is 0.795 bits per heavy atom. The Bertz CT molecular complexity index is 1210. The average molecular weight is 537 g/mol. The first kappa shape index (κ1) is 29.1. The number of benzene rings is 3. The van der Waals surface area contributed by atoms with Crippen LogP contribution >= 0.6 is 0 Å². The summed E-state index contributed by atoms with van der Waals surface area (Å²) < 4.78 is 56.4. The van der Waals surface area contributed by atoms with Gasteiger partial charge >= 0.3 is 0 Å². The molecule has 2 nitrogen and oxygen atoms in total. The summed E-state index contributed by atoms with van der Waals surface area (Å²) in [6.45, 7) is 6.76. The second kappa shape index (κ2) is 14.5. The zero-order valence-corrected chi connectivity index (χ0v) is 22.9. The van der Waals surface area contributed by atoms with E-state index in [2.05, 4.69) is 13.5 Å². The summed E-state index contributed by atoms with van der Waals surface area (Å²) in [5, 5.41) is 0. The Labute approximate surface area is 230 Å². The maximum Gasteiger partial charge on any atom is 0.166 e. The largest absolute Gasteiger partial charge is 0.352 e. The second-order valence-corrected chi connectivity index (χ2v) is 10.4. The van der Waals surface area contributed by atoms with E-state index in [0.29, 0.717) is 36.3 Å². The second-order valence-electron chi connectivity index (χ2n) is 10.4. The van der Waals surface area contributed by atoms with E-state index >= 15 is 4.39 Å². The van der Waals surface area contributed by atoms with Crippen molar-refractivity contribution in [2.45, 2.75) is 76.9 Å². The van der Waals surface area contributed by atoms with Crippen LogP contribution in [0.2, 0.25) is 0 Å². The Morgan fingerprint density at radius 3 is 2.21 bits per heavy atom. The van der Waals surface area contributed by atoms with Gasteiger partial charge in [-0.05, 0) is 72.4 Å². The third kappa shape index (κ3) is 7.61. The summed E-state index contributed by atoms with van der Waals surface area (Å²) in [5.41, 5.74) is 3.29. The van der Waals surface area contributed by atoms with Crippen LogP contribution in [0.3, 0.4) is 0 Å². The van der Waals surface area contributed by atoms with E-state index in [1.54, 1.807) is 42.5 Å². The van der Waals surface area contributed by atoms with Crippen molar-refractivity contribution in [2.24, 2.45) is 0 Å². The van der Waals surface area contributed by atoms with Gasteiger partial charge in [-0.2, -0.15) is 0 Å². The molecule has 0 saturated carbocycles. The molecule has 0 unspecified atom stereocenters. The van der Waals surface area contributed by atoms with Gasteiger partial charge in [-0.15, -0.1) is 6.58 Å². The highest BCUT2D eigenvalue weighted by Crippen LogP contribution is 2.32. The molecule has 208 valence electrons. The molecule has 3 aromatic carbocycles. The molecule has 1 aliphatic rings. The molecule has 5 heteroatoms. The van der Waals surface area contributed by atoms with Crippen LogP contribution in [0.1, 0.15) is 75.3 Å². The number of aryl methyl sites for hydroxylation is 1. The monoisotopic (exact) mass is 536 g/mol. The Morgan fingerprint density at radius 2 is 1.51 bits per heavy atom. The van der Waals surface area contributed by atoms with Crippen molar-refractivity contribution in [3.8, 4) is 22.3 Å². The average Bonchev–Trinajstić information content (AvgIpc) is 2.96. The molecule has 4 rings (SSSR count). The highest BCUT2D eigenvalue weighted by molar-refractivity contribution is 5.71. The summed E-state index contributed by atoms with van der Waals surface area (Å²) in [6.07, 6.45) is 10.2. The fourth-order valence-electron chi connectivity index (χ4n) is 5.12. The smallest absolute Gasteiger partial charge is 0.166 e. The zero-order valence-electron chi connectivity index (χ0n) is 22.9. The summed E-state index contributed by atoms with van der Waals surface area (Å²) in [4.78, 5) is 0. The van der Waals surface area contributed by atoms with Gasteiger partial charge in [0.2, 0.25) is 0 Å². The Hall–Kier alpha value is -2.89. The number of unbranched alkanes of at least 4 members (excludes halogenated alkanes) is 5. The van der Waals surface area contributed by atoms with Gasteiger partial charge in [0.15, 0.2) is 17.9 Å². The SMILES string of the molecule is C=CCCCCc1ccc(-c2ccc(-c3ccc(C4COC(CCCCCC)OC4)c(F)c3)cc2)c(F)c1F. The topological polar surface area (TPSA) is 18.5 Å². The Kier molecular flexibility index (Phi) is 10.8. The van der Waals surface area contributed by atoms with Gasteiger partial charge < -0.3 is 9.47 Å². The van der Waals surface area contributed by atoms with Crippen LogP contribution in [0, 0.1) is 17.5 Å². The van der Waals surface area contributed by atoms with Gasteiger partial charge in [0.25, 0.3) is 0 Å². The molecular formula is C34H39F3O2. The van der Waals surface area contributed by atoms with Gasteiger partial charge in [0, 0.05) is 11.5 Å². The first-order valence-electron chi connectivity index (χ1n) is 14.2. The van der Waals surface area contributed by atoms with E-state index in [0.717, 1.165) is 43.2 Å². The summed E-state index contributed by atoms with van der Waals surface area (Å²) >= 11 is 0. The van der Waals surface area contributed by atoms with Gasteiger partial charge in [0.1, 0.15) is 5.82 Å². The molecule has 0 bridgehead atoms. The van der Waals surface area contributed by atoms with Crippen molar-refractivity contribution in [3.63, 3.8) is 0 Å². The number of rotatable bonds is 13. The van der Waals surface area contributed by atoms with E-state index in [1.807, 2.05) is 12.1 Å². The van der Waals surface area contributed by atoms with E-state index < -0.39 is 11.6 Å². The molecule has 39 heavy (non-hydrogen) atoms. The molecule has 0 spiro atoms. The third-order valence-electron chi connectivity index (χ3n) is 7.50. The van der Waals surface area contributed by atoms with Crippen LogP contribution in [0.15, 0.2) is 67.3 Å². The maximum atomic E-state index is 15.1. The number of hydrogen-bond acceptors (Lipinski definition) is 2. The lowest BCUT2D eigenvalue weighted by atomic mass is 9.94. The van der Waals surface area contributed by atoms with Crippen molar-refractivity contribution in [1.29, 1.82) is 0 Å². The molecule has 0 atom stereocenters. The van der Waals surface area contributed by atoms with Crippen molar-refractivity contribution < 1.29 is 22.6 Å². The van der Waals surface area contributed by atoms with Crippen LogP contribution in [0.5, 0.6) is 0 Å². The molecule has 1 fully saturated rings. The molecule has 0 N–H and O–H groups in total. The first-order chi connectivity index (χ1) is 19.0. The van der Waals surface area contributed by atoms with Gasteiger partial charge in [-0.1, -0.05) is 80.8 Å². The lowest BCUT2D eigenvalue weighted by Crippen LogP contribution is -2.31. The number of ether oxygens (including phenoxy) is 2. The van der Waals surface area contributed by atoms with Crippen molar-refractivity contribution in [1.82, 2.24) is 0 Å². The van der Waals surface area contributed by atoms with E-state index in [9.17, 15) is 8.78 Å². The number of allylic oxidation sites excluding steroid dienone is 1. The van der Waals surface area contributed by atoms with Gasteiger partial charge in [0.05, 0.1) is 13.2 Å². The molecule has 0 aromatic heterocycles. The first-order valence-corrected chi connectivity index (χ1v) is 14.2. The minimum atomic E-state index is -0.834. The zero-order chi connectivity index (χ0) is 27.6. The molecule has 1 heterocycles. The standard InChI is InChI=1S/C34H39F3O2/c1-3-5-7-9-11-26-17-20-30(34(37)33(26)36)25-15-13-24(14-16-25)27-18-19-29(31(35)21-27)28-22-38-32(39-23-28)12-10-8-6-4-2/h3,13-21,28,32H,1,4-12,22-23H2,2H3. The van der Waals surface area contributed by atoms with E-state index in [-0.39, 0.29) is 23.6 Å². The lowest BCUT2D eigenvalue weighted by molar-refractivity contribution is -0.190. The summed E-state index contributed by atoms with van der Waals surface area (Å²) in [7, 11) is 0. The van der Waals surface area contributed by atoms with Crippen molar-refractivity contribution in [3.05, 3.63) is 95.8 Å². The van der Waals surface area contributed by atoms with Crippen LogP contribution < -0.4 is 0 Å². The third-order valence-corrected chi connectivity index (χ3v) is 7.50. The number of halogens is 3.